The molecule has 0 spiro atoms. The second kappa shape index (κ2) is 5.39. The van der Waals surface area contributed by atoms with Crippen molar-refractivity contribution < 1.29 is 27.9 Å². The van der Waals surface area contributed by atoms with E-state index in [4.69, 9.17) is 5.11 Å². The summed E-state index contributed by atoms with van der Waals surface area (Å²) >= 11 is 0. The van der Waals surface area contributed by atoms with Crippen LogP contribution in [0.1, 0.15) is 15.9 Å². The predicted octanol–water partition coefficient (Wildman–Crippen LogP) is 2.07. The lowest BCUT2D eigenvalue weighted by molar-refractivity contribution is -0.137. The van der Waals surface area contributed by atoms with Gasteiger partial charge in [-0.15, -0.1) is 0 Å². The molecule has 1 heterocycles. The van der Waals surface area contributed by atoms with Crippen molar-refractivity contribution in [1.29, 1.82) is 0 Å². The number of carbonyl (C=O) groups excluding carboxylic acids is 1. The smallest absolute Gasteiger partial charge is 0.416 e. The zero-order valence-corrected chi connectivity index (χ0v) is 10.4. The number of halogens is 3. The molecule has 0 aliphatic carbocycles. The summed E-state index contributed by atoms with van der Waals surface area (Å²) in [4.78, 5) is 26.1. The number of aliphatic carboxylic acids is 1. The van der Waals surface area contributed by atoms with E-state index in [1.807, 2.05) is 0 Å². The van der Waals surface area contributed by atoms with E-state index in [1.54, 1.807) is 0 Å². The molecule has 1 aromatic heterocycles. The van der Waals surface area contributed by atoms with E-state index in [9.17, 15) is 22.8 Å². The van der Waals surface area contributed by atoms with E-state index in [0.717, 1.165) is 18.2 Å². The van der Waals surface area contributed by atoms with Crippen LogP contribution < -0.4 is 5.32 Å². The molecule has 1 amide bonds. The van der Waals surface area contributed by atoms with Crippen molar-refractivity contribution in [2.45, 2.75) is 6.18 Å². The van der Waals surface area contributed by atoms with E-state index in [2.05, 4.69) is 10.3 Å². The first-order chi connectivity index (χ1) is 9.79. The molecule has 0 bridgehead atoms. The first-order valence-corrected chi connectivity index (χ1v) is 5.75. The molecule has 5 nitrogen and oxygen atoms in total. The number of carboxylic acids is 1. The number of hydrogen-bond acceptors (Lipinski definition) is 3. The van der Waals surface area contributed by atoms with Crippen molar-refractivity contribution in [3.63, 3.8) is 0 Å². The highest BCUT2D eigenvalue weighted by Gasteiger charge is 2.31. The topological polar surface area (TPSA) is 79.3 Å². The molecule has 0 fully saturated rings. The van der Waals surface area contributed by atoms with Crippen molar-refractivity contribution in [2.24, 2.45) is 0 Å². The summed E-state index contributed by atoms with van der Waals surface area (Å²) in [6.45, 7) is -0.623. The fourth-order valence-electron chi connectivity index (χ4n) is 1.77. The molecule has 2 N–H and O–H groups in total. The molecule has 8 heteroatoms. The van der Waals surface area contributed by atoms with E-state index < -0.39 is 30.2 Å². The number of fused-ring (bicyclic) bond motifs is 1. The maximum Gasteiger partial charge on any atom is 0.416 e. The minimum absolute atomic E-state index is 0.00946. The number of nitrogens with one attached hydrogen (secondary N) is 1. The normalized spacial score (nSPS) is 11.4. The van der Waals surface area contributed by atoms with Crippen LogP contribution in [0.4, 0.5) is 13.2 Å². The number of alkyl halides is 3. The summed E-state index contributed by atoms with van der Waals surface area (Å²) in [6.07, 6.45) is -3.27. The molecule has 0 unspecified atom stereocenters. The van der Waals surface area contributed by atoms with Crippen LogP contribution in [-0.2, 0) is 11.0 Å². The van der Waals surface area contributed by atoms with Gasteiger partial charge in [0.25, 0.3) is 5.91 Å². The number of carboxylic acid groups (broad SMARTS) is 1. The average molecular weight is 298 g/mol. The van der Waals surface area contributed by atoms with Crippen LogP contribution >= 0.6 is 0 Å². The Hall–Kier alpha value is -2.64. The van der Waals surface area contributed by atoms with Crippen molar-refractivity contribution in [2.75, 3.05) is 6.54 Å². The Labute approximate surface area is 116 Å². The van der Waals surface area contributed by atoms with Crippen LogP contribution in [0.15, 0.2) is 30.5 Å². The predicted molar refractivity (Wildman–Crippen MR) is 66.7 cm³/mol. The summed E-state index contributed by atoms with van der Waals surface area (Å²) in [5, 5.41) is 10.6. The van der Waals surface area contributed by atoms with Crippen LogP contribution in [0.25, 0.3) is 10.9 Å². The third-order valence-electron chi connectivity index (χ3n) is 2.71. The Kier molecular flexibility index (Phi) is 3.79. The number of rotatable bonds is 3. The van der Waals surface area contributed by atoms with Gasteiger partial charge in [-0.2, -0.15) is 13.2 Å². The van der Waals surface area contributed by atoms with Gasteiger partial charge in [0.15, 0.2) is 0 Å². The van der Waals surface area contributed by atoms with Gasteiger partial charge in [0.1, 0.15) is 6.54 Å². The van der Waals surface area contributed by atoms with Crippen LogP contribution in [-0.4, -0.2) is 28.5 Å². The fourth-order valence-corrected chi connectivity index (χ4v) is 1.77. The van der Waals surface area contributed by atoms with Gasteiger partial charge < -0.3 is 10.4 Å². The zero-order valence-electron chi connectivity index (χ0n) is 10.4. The summed E-state index contributed by atoms with van der Waals surface area (Å²) in [5.74, 6) is -2.03. The highest BCUT2D eigenvalue weighted by molar-refractivity contribution is 6.06. The molecular formula is C13H9F3N2O3. The van der Waals surface area contributed by atoms with Gasteiger partial charge in [-0.3, -0.25) is 14.6 Å². The van der Waals surface area contributed by atoms with Crippen LogP contribution in [0.2, 0.25) is 0 Å². The summed E-state index contributed by atoms with van der Waals surface area (Å²) in [5.41, 5.74) is -0.756. The Morgan fingerprint density at radius 1 is 1.24 bits per heavy atom. The molecule has 21 heavy (non-hydrogen) atoms. The van der Waals surface area contributed by atoms with Gasteiger partial charge in [0, 0.05) is 11.6 Å². The van der Waals surface area contributed by atoms with Crippen LogP contribution in [0, 0.1) is 0 Å². The molecule has 0 aliphatic rings. The lowest BCUT2D eigenvalue weighted by Gasteiger charge is -2.10. The minimum Gasteiger partial charge on any atom is -0.480 e. The number of nitrogens with zero attached hydrogens (tertiary/aromatic N) is 1. The number of hydrogen-bond donors (Lipinski definition) is 2. The Bertz CT molecular complexity index is 713. The monoisotopic (exact) mass is 298 g/mol. The van der Waals surface area contributed by atoms with Gasteiger partial charge in [-0.05, 0) is 24.3 Å². The van der Waals surface area contributed by atoms with Crippen molar-refractivity contribution in [3.8, 4) is 0 Å². The number of aromatic nitrogens is 1. The Morgan fingerprint density at radius 2 is 1.95 bits per heavy atom. The van der Waals surface area contributed by atoms with Gasteiger partial charge in [0.05, 0.1) is 16.6 Å². The zero-order chi connectivity index (χ0) is 15.6. The molecular weight excluding hydrogens is 289 g/mol. The van der Waals surface area contributed by atoms with Crippen molar-refractivity contribution in [1.82, 2.24) is 10.3 Å². The number of benzene rings is 1. The maximum absolute atomic E-state index is 12.7. The first kappa shape index (κ1) is 14.8. The van der Waals surface area contributed by atoms with E-state index in [1.165, 1.54) is 12.3 Å². The SMILES string of the molecule is O=C(O)CNC(=O)c1ccnc2ccc(C(F)(F)F)cc12. The maximum atomic E-state index is 12.7. The molecule has 2 rings (SSSR count). The first-order valence-electron chi connectivity index (χ1n) is 5.75. The van der Waals surface area contributed by atoms with Crippen molar-refractivity contribution >= 4 is 22.8 Å². The number of amides is 1. The van der Waals surface area contributed by atoms with Crippen LogP contribution in [0.5, 0.6) is 0 Å². The summed E-state index contributed by atoms with van der Waals surface area (Å²) in [6, 6.07) is 4.08. The van der Waals surface area contributed by atoms with E-state index in [0.29, 0.717) is 0 Å². The summed E-state index contributed by atoms with van der Waals surface area (Å²) in [7, 11) is 0. The second-order valence-electron chi connectivity index (χ2n) is 4.16. The van der Waals surface area contributed by atoms with Crippen LogP contribution in [0.3, 0.4) is 0 Å². The highest BCUT2D eigenvalue weighted by Crippen LogP contribution is 2.31. The van der Waals surface area contributed by atoms with Gasteiger partial charge in [0.2, 0.25) is 0 Å². The van der Waals surface area contributed by atoms with Crippen molar-refractivity contribution in [3.05, 3.63) is 41.6 Å². The van der Waals surface area contributed by atoms with Gasteiger partial charge >= 0.3 is 12.1 Å². The molecule has 1 aromatic carbocycles. The van der Waals surface area contributed by atoms with Gasteiger partial charge in [-0.25, -0.2) is 0 Å². The highest BCUT2D eigenvalue weighted by atomic mass is 19.4. The minimum atomic E-state index is -4.54. The lowest BCUT2D eigenvalue weighted by atomic mass is 10.1. The quantitative estimate of drug-likeness (QED) is 0.909. The Morgan fingerprint density at radius 3 is 2.57 bits per heavy atom. The molecule has 0 atom stereocenters. The fraction of sp³-hybridized carbons (Fsp3) is 0.154. The molecule has 0 radical (unpaired) electrons. The van der Waals surface area contributed by atoms with E-state index >= 15 is 0 Å². The second-order valence-corrected chi connectivity index (χ2v) is 4.16. The standard InChI is InChI=1S/C13H9F3N2O3/c14-13(15,16)7-1-2-10-9(5-7)8(3-4-17-10)12(21)18-6-11(19)20/h1-5H,6H2,(H,18,21)(H,19,20). The van der Waals surface area contributed by atoms with Gasteiger partial charge in [-0.1, -0.05) is 0 Å². The molecule has 0 saturated heterocycles. The number of carbonyl (C=O) groups is 2. The third kappa shape index (κ3) is 3.28. The molecule has 110 valence electrons. The average Bonchev–Trinajstić information content (AvgIpc) is 2.42. The molecule has 0 aliphatic heterocycles. The largest absolute Gasteiger partial charge is 0.480 e. The number of pyridine rings is 1. The lowest BCUT2D eigenvalue weighted by Crippen LogP contribution is -2.29. The molecule has 2 aromatic rings. The third-order valence-corrected chi connectivity index (χ3v) is 2.71. The summed E-state index contributed by atoms with van der Waals surface area (Å²) < 4.78 is 38.1. The molecule has 0 saturated carbocycles. The Balaban J connectivity index is 2.48. The van der Waals surface area contributed by atoms with E-state index in [-0.39, 0.29) is 16.5 Å².